The van der Waals surface area contributed by atoms with E-state index in [0.29, 0.717) is 25.3 Å². The predicted octanol–water partition coefficient (Wildman–Crippen LogP) is 3.32. The standard InChI is InChI=1S/C19H20N2O2/c1-16-8-10-18(11-9-16)23-15-19(22)21(13-5-12-20)14-17-6-3-2-4-7-17/h2-4,6-11H,5,13-15H2,1H3. The molecule has 1 amide bonds. The molecule has 118 valence electrons. The minimum absolute atomic E-state index is 0.0265. The Kier molecular flexibility index (Phi) is 6.19. The normalized spacial score (nSPS) is 9.91. The molecule has 0 spiro atoms. The van der Waals surface area contributed by atoms with E-state index >= 15 is 0 Å². The van der Waals surface area contributed by atoms with Crippen LogP contribution in [0.3, 0.4) is 0 Å². The molecule has 4 nitrogen and oxygen atoms in total. The maximum atomic E-state index is 12.4. The molecule has 0 atom stereocenters. The van der Waals surface area contributed by atoms with Gasteiger partial charge in [-0.1, -0.05) is 48.0 Å². The smallest absolute Gasteiger partial charge is 0.260 e. The van der Waals surface area contributed by atoms with Crippen LogP contribution < -0.4 is 4.74 Å². The van der Waals surface area contributed by atoms with Crippen molar-refractivity contribution >= 4 is 5.91 Å². The van der Waals surface area contributed by atoms with Crippen LogP contribution in [0.5, 0.6) is 5.75 Å². The number of amides is 1. The van der Waals surface area contributed by atoms with Gasteiger partial charge in [-0.2, -0.15) is 5.26 Å². The van der Waals surface area contributed by atoms with E-state index in [2.05, 4.69) is 6.07 Å². The quantitative estimate of drug-likeness (QED) is 0.788. The van der Waals surface area contributed by atoms with Crippen LogP contribution in [0.1, 0.15) is 17.5 Å². The third-order valence-corrected chi connectivity index (χ3v) is 3.45. The summed E-state index contributed by atoms with van der Waals surface area (Å²) in [5, 5.41) is 8.78. The highest BCUT2D eigenvalue weighted by Gasteiger charge is 2.14. The monoisotopic (exact) mass is 308 g/mol. The number of carbonyl (C=O) groups excluding carboxylic acids is 1. The summed E-state index contributed by atoms with van der Waals surface area (Å²) < 4.78 is 5.55. The number of benzene rings is 2. The molecule has 0 bridgehead atoms. The van der Waals surface area contributed by atoms with E-state index in [0.717, 1.165) is 11.1 Å². The Morgan fingerprint density at radius 2 is 1.83 bits per heavy atom. The molecule has 0 aromatic heterocycles. The summed E-state index contributed by atoms with van der Waals surface area (Å²) in [5.41, 5.74) is 2.18. The molecule has 0 aliphatic carbocycles. The Morgan fingerprint density at radius 3 is 2.48 bits per heavy atom. The second-order valence-electron chi connectivity index (χ2n) is 5.31. The molecule has 0 saturated heterocycles. The highest BCUT2D eigenvalue weighted by Crippen LogP contribution is 2.12. The van der Waals surface area contributed by atoms with Gasteiger partial charge in [0.2, 0.25) is 0 Å². The number of nitriles is 1. The maximum Gasteiger partial charge on any atom is 0.260 e. The average molecular weight is 308 g/mol. The van der Waals surface area contributed by atoms with E-state index in [9.17, 15) is 4.79 Å². The van der Waals surface area contributed by atoms with Gasteiger partial charge in [0, 0.05) is 13.1 Å². The van der Waals surface area contributed by atoms with E-state index in [1.807, 2.05) is 61.5 Å². The molecule has 0 radical (unpaired) electrons. The van der Waals surface area contributed by atoms with Crippen LogP contribution in [0, 0.1) is 18.3 Å². The van der Waals surface area contributed by atoms with Crippen molar-refractivity contribution in [3.63, 3.8) is 0 Å². The molecular formula is C19H20N2O2. The molecule has 4 heteroatoms. The van der Waals surface area contributed by atoms with Gasteiger partial charge in [0.25, 0.3) is 5.91 Å². The summed E-state index contributed by atoms with van der Waals surface area (Å²) in [6.45, 7) is 2.86. The Labute approximate surface area is 136 Å². The largest absolute Gasteiger partial charge is 0.484 e. The van der Waals surface area contributed by atoms with Crippen LogP contribution in [0.25, 0.3) is 0 Å². The van der Waals surface area contributed by atoms with Gasteiger partial charge < -0.3 is 9.64 Å². The summed E-state index contributed by atoms with van der Waals surface area (Å²) in [6.07, 6.45) is 0.309. The number of hydrogen-bond donors (Lipinski definition) is 0. The van der Waals surface area contributed by atoms with Crippen molar-refractivity contribution in [3.8, 4) is 11.8 Å². The predicted molar refractivity (Wildman–Crippen MR) is 88.8 cm³/mol. The third kappa shape index (κ3) is 5.48. The van der Waals surface area contributed by atoms with Gasteiger partial charge in [-0.25, -0.2) is 0 Å². The molecule has 0 aliphatic rings. The number of rotatable bonds is 7. The Hall–Kier alpha value is -2.80. The van der Waals surface area contributed by atoms with Crippen molar-refractivity contribution in [2.45, 2.75) is 19.9 Å². The van der Waals surface area contributed by atoms with E-state index in [1.165, 1.54) is 0 Å². The third-order valence-electron chi connectivity index (χ3n) is 3.45. The van der Waals surface area contributed by atoms with Crippen LogP contribution in [0.4, 0.5) is 0 Å². The molecular weight excluding hydrogens is 288 g/mol. The minimum Gasteiger partial charge on any atom is -0.484 e. The minimum atomic E-state index is -0.121. The van der Waals surface area contributed by atoms with Crippen molar-refractivity contribution in [3.05, 3.63) is 65.7 Å². The topological polar surface area (TPSA) is 53.3 Å². The van der Waals surface area contributed by atoms with Crippen LogP contribution in [-0.2, 0) is 11.3 Å². The second-order valence-corrected chi connectivity index (χ2v) is 5.31. The molecule has 0 N–H and O–H groups in total. The summed E-state index contributed by atoms with van der Waals surface area (Å²) in [6, 6.07) is 19.4. The molecule has 0 aliphatic heterocycles. The number of hydrogen-bond acceptors (Lipinski definition) is 3. The molecule has 2 aromatic carbocycles. The molecule has 0 saturated carbocycles. The summed E-state index contributed by atoms with van der Waals surface area (Å²) in [7, 11) is 0. The highest BCUT2D eigenvalue weighted by atomic mass is 16.5. The van der Waals surface area contributed by atoms with E-state index < -0.39 is 0 Å². The van der Waals surface area contributed by atoms with E-state index in [4.69, 9.17) is 10.00 Å². The van der Waals surface area contributed by atoms with Crippen LogP contribution >= 0.6 is 0 Å². The van der Waals surface area contributed by atoms with E-state index in [1.54, 1.807) is 4.90 Å². The van der Waals surface area contributed by atoms with Crippen LogP contribution in [-0.4, -0.2) is 24.0 Å². The molecule has 2 rings (SSSR count). The average Bonchev–Trinajstić information content (AvgIpc) is 2.58. The Morgan fingerprint density at radius 1 is 1.13 bits per heavy atom. The molecule has 2 aromatic rings. The van der Waals surface area contributed by atoms with Gasteiger partial charge >= 0.3 is 0 Å². The van der Waals surface area contributed by atoms with Crippen LogP contribution in [0.2, 0.25) is 0 Å². The zero-order valence-corrected chi connectivity index (χ0v) is 13.2. The van der Waals surface area contributed by atoms with Gasteiger partial charge in [-0.3, -0.25) is 4.79 Å². The SMILES string of the molecule is Cc1ccc(OCC(=O)N(CCC#N)Cc2ccccc2)cc1. The zero-order valence-electron chi connectivity index (χ0n) is 13.2. The number of ether oxygens (including phenoxy) is 1. The second kappa shape index (κ2) is 8.60. The fraction of sp³-hybridized carbons (Fsp3) is 0.263. The van der Waals surface area contributed by atoms with Crippen molar-refractivity contribution in [1.82, 2.24) is 4.90 Å². The van der Waals surface area contributed by atoms with Crippen LogP contribution in [0.15, 0.2) is 54.6 Å². The van der Waals surface area contributed by atoms with Crippen molar-refractivity contribution in [2.75, 3.05) is 13.2 Å². The summed E-state index contributed by atoms with van der Waals surface area (Å²) in [5.74, 6) is 0.550. The van der Waals surface area contributed by atoms with Gasteiger partial charge in [-0.15, -0.1) is 0 Å². The summed E-state index contributed by atoms with van der Waals surface area (Å²) >= 11 is 0. The Balaban J connectivity index is 1.95. The lowest BCUT2D eigenvalue weighted by Crippen LogP contribution is -2.35. The summed E-state index contributed by atoms with van der Waals surface area (Å²) in [4.78, 5) is 14.0. The fourth-order valence-corrected chi connectivity index (χ4v) is 2.15. The molecule has 23 heavy (non-hydrogen) atoms. The number of aryl methyl sites for hydroxylation is 1. The van der Waals surface area contributed by atoms with Gasteiger partial charge in [0.1, 0.15) is 5.75 Å². The highest BCUT2D eigenvalue weighted by molar-refractivity contribution is 5.77. The van der Waals surface area contributed by atoms with Crippen molar-refractivity contribution in [1.29, 1.82) is 5.26 Å². The molecule has 0 unspecified atom stereocenters. The molecule has 0 heterocycles. The molecule has 0 fully saturated rings. The Bertz CT molecular complexity index is 660. The lowest BCUT2D eigenvalue weighted by Gasteiger charge is -2.22. The first-order valence-electron chi connectivity index (χ1n) is 7.57. The van der Waals surface area contributed by atoms with Gasteiger partial charge in [0.15, 0.2) is 6.61 Å². The lowest BCUT2D eigenvalue weighted by atomic mass is 10.2. The first-order valence-corrected chi connectivity index (χ1v) is 7.57. The number of nitrogens with zero attached hydrogens (tertiary/aromatic N) is 2. The number of carbonyl (C=O) groups is 1. The van der Waals surface area contributed by atoms with Gasteiger partial charge in [-0.05, 0) is 24.6 Å². The fourth-order valence-electron chi connectivity index (χ4n) is 2.15. The first-order chi connectivity index (χ1) is 11.2. The lowest BCUT2D eigenvalue weighted by molar-refractivity contribution is -0.133. The first kappa shape index (κ1) is 16.6. The van der Waals surface area contributed by atoms with Gasteiger partial charge in [0.05, 0.1) is 12.5 Å². The zero-order chi connectivity index (χ0) is 16.5. The van der Waals surface area contributed by atoms with Crippen molar-refractivity contribution < 1.29 is 9.53 Å². The van der Waals surface area contributed by atoms with E-state index in [-0.39, 0.29) is 12.5 Å². The van der Waals surface area contributed by atoms with Crippen molar-refractivity contribution in [2.24, 2.45) is 0 Å². The maximum absolute atomic E-state index is 12.4.